The molecule has 1 spiro atoms. The highest BCUT2D eigenvalue weighted by atomic mass is 19.1. The number of halogens is 3. The Hall–Kier alpha value is -3.74. The maximum absolute atomic E-state index is 16.9. The van der Waals surface area contributed by atoms with Gasteiger partial charge < -0.3 is 24.6 Å². The third-order valence-corrected chi connectivity index (χ3v) is 10.5. The quantitative estimate of drug-likeness (QED) is 0.287. The molecule has 47 heavy (non-hydrogen) atoms. The molecular weight excluding hydrogens is 611 g/mol. The minimum Gasteiger partial charge on any atom is -0.508 e. The van der Waals surface area contributed by atoms with Crippen molar-refractivity contribution in [1.82, 2.24) is 19.9 Å². The molecule has 5 heterocycles. The number of anilines is 1. The Labute approximate surface area is 270 Å². The molecule has 248 valence electrons. The van der Waals surface area contributed by atoms with Crippen molar-refractivity contribution < 1.29 is 32.9 Å². The molecule has 0 amide bonds. The third kappa shape index (κ3) is 5.25. The van der Waals surface area contributed by atoms with E-state index < -0.39 is 28.9 Å². The molecule has 2 N–H and O–H groups in total. The van der Waals surface area contributed by atoms with Gasteiger partial charge in [-0.1, -0.05) is 13.0 Å². The Morgan fingerprint density at radius 1 is 1.15 bits per heavy atom. The minimum absolute atomic E-state index is 0.0669. The number of hydrogen-bond donors (Lipinski definition) is 2. The van der Waals surface area contributed by atoms with E-state index in [1.807, 2.05) is 11.8 Å². The van der Waals surface area contributed by atoms with Crippen molar-refractivity contribution >= 4 is 27.5 Å². The molecular formula is C35H38F3N5O4. The zero-order valence-corrected chi connectivity index (χ0v) is 26.5. The fourth-order valence-electron chi connectivity index (χ4n) is 8.26. The molecule has 3 saturated heterocycles. The standard InChI is InChI=1S/C35H38F3N5O4/c1-3-23-26(37)5-4-20-10-22(44)11-24(27(20)23)29-28(38)30-25(13-39-29)31(42-8-9-46-18-33(2,45)16-42)41-32(40-30)47-19-35-12-21(36)14-43(35)17-34(15-35)6-7-34/h4-5,10-11,13,21,44-45H,3,6-9,12,14-19H2,1-2H3. The molecule has 1 aliphatic carbocycles. The number of nitrogens with zero attached hydrogens (tertiary/aromatic N) is 5. The first-order valence-corrected chi connectivity index (χ1v) is 16.4. The number of rotatable bonds is 6. The second-order valence-electron chi connectivity index (χ2n) is 14.3. The second-order valence-corrected chi connectivity index (χ2v) is 14.3. The van der Waals surface area contributed by atoms with Gasteiger partial charge in [-0.05, 0) is 72.6 Å². The topological polar surface area (TPSA) is 104 Å². The third-order valence-electron chi connectivity index (χ3n) is 10.5. The summed E-state index contributed by atoms with van der Waals surface area (Å²) in [6, 6.07) is 5.72. The normalized spacial score (nSPS) is 27.1. The number of fused-ring (bicyclic) bond motifs is 3. The first-order chi connectivity index (χ1) is 22.5. The van der Waals surface area contributed by atoms with Crippen LogP contribution in [0.3, 0.4) is 0 Å². The fraction of sp³-hybridized carbons (Fsp3) is 0.514. The second kappa shape index (κ2) is 10.9. The van der Waals surface area contributed by atoms with E-state index in [1.54, 1.807) is 13.0 Å². The lowest BCUT2D eigenvalue weighted by molar-refractivity contribution is -0.0123. The Morgan fingerprint density at radius 2 is 1.98 bits per heavy atom. The molecule has 3 unspecified atom stereocenters. The van der Waals surface area contributed by atoms with Crippen molar-refractivity contribution in [3.63, 3.8) is 0 Å². The van der Waals surface area contributed by atoms with Gasteiger partial charge in [0.15, 0.2) is 5.82 Å². The number of hydrogen-bond acceptors (Lipinski definition) is 9. The molecule has 0 bridgehead atoms. The number of pyridine rings is 1. The highest BCUT2D eigenvalue weighted by Crippen LogP contribution is 2.60. The van der Waals surface area contributed by atoms with Crippen LogP contribution in [0.1, 0.15) is 45.1 Å². The van der Waals surface area contributed by atoms with Crippen molar-refractivity contribution in [2.24, 2.45) is 5.41 Å². The van der Waals surface area contributed by atoms with E-state index in [0.29, 0.717) is 60.1 Å². The van der Waals surface area contributed by atoms with Crippen LogP contribution in [0, 0.1) is 17.0 Å². The van der Waals surface area contributed by atoms with E-state index in [2.05, 4.69) is 14.9 Å². The summed E-state index contributed by atoms with van der Waals surface area (Å²) in [6.07, 6.45) is 4.34. The highest BCUT2D eigenvalue weighted by molar-refractivity contribution is 6.01. The van der Waals surface area contributed by atoms with Gasteiger partial charge in [0, 0.05) is 37.8 Å². The molecule has 9 nitrogen and oxygen atoms in total. The lowest BCUT2D eigenvalue weighted by Crippen LogP contribution is -2.44. The van der Waals surface area contributed by atoms with Crippen LogP contribution in [-0.2, 0) is 11.2 Å². The van der Waals surface area contributed by atoms with E-state index in [1.165, 1.54) is 24.4 Å². The van der Waals surface area contributed by atoms with Gasteiger partial charge in [0.05, 0.1) is 30.7 Å². The SMILES string of the molecule is CCc1c(F)ccc2cc(O)cc(-c3ncc4c(N5CCOCC(C)(O)C5)nc(OCC56CC(F)CN5CC5(CC5)C6)nc4c3F)c12. The van der Waals surface area contributed by atoms with Gasteiger partial charge in [-0.2, -0.15) is 9.97 Å². The molecule has 4 aliphatic rings. The van der Waals surface area contributed by atoms with Crippen LogP contribution in [0.25, 0.3) is 32.9 Å². The van der Waals surface area contributed by atoms with Crippen LogP contribution < -0.4 is 9.64 Å². The number of phenolic OH excluding ortho intramolecular Hbond substituents is 1. The average Bonchev–Trinajstić information content (AvgIpc) is 3.67. The van der Waals surface area contributed by atoms with Gasteiger partial charge in [0.2, 0.25) is 0 Å². The number of ether oxygens (including phenoxy) is 2. The number of benzene rings is 2. The maximum atomic E-state index is 16.9. The zero-order chi connectivity index (χ0) is 32.7. The van der Waals surface area contributed by atoms with Crippen molar-refractivity contribution in [3.8, 4) is 23.0 Å². The summed E-state index contributed by atoms with van der Waals surface area (Å²) in [6.45, 7) is 5.82. The smallest absolute Gasteiger partial charge is 0.319 e. The molecule has 12 heteroatoms. The summed E-state index contributed by atoms with van der Waals surface area (Å²) in [4.78, 5) is 17.8. The van der Waals surface area contributed by atoms with Crippen LogP contribution in [0.5, 0.6) is 11.8 Å². The maximum Gasteiger partial charge on any atom is 0.319 e. The van der Waals surface area contributed by atoms with Gasteiger partial charge in [0.25, 0.3) is 0 Å². The molecule has 2 aromatic carbocycles. The van der Waals surface area contributed by atoms with Crippen molar-refractivity contribution in [2.45, 2.75) is 63.3 Å². The van der Waals surface area contributed by atoms with Crippen molar-refractivity contribution in [3.05, 3.63) is 47.7 Å². The molecule has 4 aromatic rings. The largest absolute Gasteiger partial charge is 0.508 e. The molecule has 1 saturated carbocycles. The lowest BCUT2D eigenvalue weighted by atomic mass is 9.89. The number of phenols is 1. The van der Waals surface area contributed by atoms with Crippen LogP contribution in [-0.4, -0.2) is 93.4 Å². The van der Waals surface area contributed by atoms with E-state index >= 15 is 4.39 Å². The predicted molar refractivity (Wildman–Crippen MR) is 170 cm³/mol. The van der Waals surface area contributed by atoms with Gasteiger partial charge in [-0.25, -0.2) is 13.2 Å². The number of aromatic nitrogens is 3. The predicted octanol–water partition coefficient (Wildman–Crippen LogP) is 5.32. The number of aryl methyl sites for hydroxylation is 1. The summed E-state index contributed by atoms with van der Waals surface area (Å²) in [5, 5.41) is 22.9. The van der Waals surface area contributed by atoms with Crippen molar-refractivity contribution in [2.75, 3.05) is 50.9 Å². The Morgan fingerprint density at radius 3 is 2.77 bits per heavy atom. The van der Waals surface area contributed by atoms with Crippen LogP contribution in [0.2, 0.25) is 0 Å². The highest BCUT2D eigenvalue weighted by Gasteiger charge is 2.62. The van der Waals surface area contributed by atoms with E-state index in [9.17, 15) is 19.0 Å². The Balaban J connectivity index is 1.27. The van der Waals surface area contributed by atoms with Gasteiger partial charge in [0.1, 0.15) is 47.0 Å². The van der Waals surface area contributed by atoms with E-state index in [-0.39, 0.29) is 53.7 Å². The first kappa shape index (κ1) is 30.6. The summed E-state index contributed by atoms with van der Waals surface area (Å²) in [7, 11) is 0. The molecule has 4 fully saturated rings. The minimum atomic E-state index is -1.20. The van der Waals surface area contributed by atoms with Crippen LogP contribution in [0.15, 0.2) is 30.5 Å². The van der Waals surface area contributed by atoms with Crippen LogP contribution >= 0.6 is 0 Å². The summed E-state index contributed by atoms with van der Waals surface area (Å²) in [5.74, 6) is -1.00. The molecule has 8 rings (SSSR count). The van der Waals surface area contributed by atoms with Crippen LogP contribution in [0.4, 0.5) is 19.0 Å². The number of aromatic hydroxyl groups is 1. The number of alkyl halides is 1. The van der Waals surface area contributed by atoms with Gasteiger partial charge in [-0.3, -0.25) is 9.88 Å². The summed E-state index contributed by atoms with van der Waals surface area (Å²) >= 11 is 0. The average molecular weight is 650 g/mol. The first-order valence-electron chi connectivity index (χ1n) is 16.4. The van der Waals surface area contributed by atoms with E-state index in [0.717, 1.165) is 25.8 Å². The van der Waals surface area contributed by atoms with Gasteiger partial charge >= 0.3 is 6.01 Å². The summed E-state index contributed by atoms with van der Waals surface area (Å²) in [5.41, 5.74) is -1.01. The zero-order valence-electron chi connectivity index (χ0n) is 26.5. The van der Waals surface area contributed by atoms with Crippen molar-refractivity contribution in [1.29, 1.82) is 0 Å². The molecule has 2 aromatic heterocycles. The molecule has 3 atom stereocenters. The van der Waals surface area contributed by atoms with E-state index in [4.69, 9.17) is 14.5 Å². The number of β-amino-alcohol motifs (C(OH)–C–C–N with tert-alkyl or cyclic N) is 1. The fourth-order valence-corrected chi connectivity index (χ4v) is 8.26. The Kier molecular flexibility index (Phi) is 7.09. The van der Waals surface area contributed by atoms with Gasteiger partial charge in [-0.15, -0.1) is 0 Å². The Bertz CT molecular complexity index is 1900. The molecule has 3 aliphatic heterocycles. The number of aliphatic hydroxyl groups is 1. The monoisotopic (exact) mass is 649 g/mol. The molecule has 0 radical (unpaired) electrons. The summed E-state index contributed by atoms with van der Waals surface area (Å²) < 4.78 is 58.5. The lowest BCUT2D eigenvalue weighted by Gasteiger charge is -2.31.